The first-order chi connectivity index (χ1) is 13.2. The molecule has 0 saturated carbocycles. The molecule has 1 aliphatic rings. The number of carbonyl (C=O) groups excluding carboxylic acids is 1. The average Bonchev–Trinajstić information content (AvgIpc) is 3.20. The van der Waals surface area contributed by atoms with E-state index in [0.29, 0.717) is 24.7 Å². The van der Waals surface area contributed by atoms with Crippen molar-refractivity contribution >= 4 is 5.91 Å². The van der Waals surface area contributed by atoms with Gasteiger partial charge in [0.05, 0.1) is 0 Å². The van der Waals surface area contributed by atoms with Crippen molar-refractivity contribution in [2.75, 3.05) is 13.1 Å². The Morgan fingerprint density at radius 3 is 2.63 bits per heavy atom. The molecular weight excluding hydrogens is 347 g/mol. The van der Waals surface area contributed by atoms with Gasteiger partial charge in [-0.2, -0.15) is 0 Å². The Morgan fingerprint density at radius 1 is 1.15 bits per heavy atom. The molecule has 138 valence electrons. The van der Waals surface area contributed by atoms with E-state index >= 15 is 0 Å². The smallest absolute Gasteiger partial charge is 0.270 e. The van der Waals surface area contributed by atoms with Gasteiger partial charge in [-0.05, 0) is 29.3 Å². The number of nitrogens with zero attached hydrogens (tertiary/aromatic N) is 3. The number of likely N-dealkylation sites (tertiary alicyclic amines) is 1. The van der Waals surface area contributed by atoms with Gasteiger partial charge in [0.1, 0.15) is 23.9 Å². The van der Waals surface area contributed by atoms with Crippen molar-refractivity contribution in [1.29, 1.82) is 0 Å². The van der Waals surface area contributed by atoms with Crippen molar-refractivity contribution in [3.63, 3.8) is 0 Å². The number of amides is 1. The predicted octanol–water partition coefficient (Wildman–Crippen LogP) is 3.29. The topological polar surface area (TPSA) is 71.1 Å². The van der Waals surface area contributed by atoms with Crippen LogP contribution < -0.4 is 4.74 Å². The number of ether oxygens (including phenoxy) is 1. The van der Waals surface area contributed by atoms with E-state index in [0.717, 1.165) is 24.0 Å². The van der Waals surface area contributed by atoms with E-state index in [9.17, 15) is 9.18 Å². The first-order valence-corrected chi connectivity index (χ1v) is 8.85. The van der Waals surface area contributed by atoms with Crippen molar-refractivity contribution < 1.29 is 13.9 Å². The zero-order valence-electron chi connectivity index (χ0n) is 14.6. The Labute approximate surface area is 156 Å². The second-order valence-corrected chi connectivity index (χ2v) is 6.47. The fourth-order valence-corrected chi connectivity index (χ4v) is 3.19. The normalized spacial score (nSPS) is 14.9. The van der Waals surface area contributed by atoms with Gasteiger partial charge in [0.25, 0.3) is 5.91 Å². The Balaban J connectivity index is 1.36. The van der Waals surface area contributed by atoms with Crippen LogP contribution in [-0.4, -0.2) is 45.0 Å². The fourth-order valence-electron chi connectivity index (χ4n) is 3.19. The molecule has 1 saturated heterocycles. The molecule has 6 nitrogen and oxygen atoms in total. The van der Waals surface area contributed by atoms with Crippen LogP contribution in [0.5, 0.6) is 5.88 Å². The summed E-state index contributed by atoms with van der Waals surface area (Å²) >= 11 is 0. The van der Waals surface area contributed by atoms with Crippen LogP contribution >= 0.6 is 0 Å². The summed E-state index contributed by atoms with van der Waals surface area (Å²) in [6.07, 6.45) is 6.42. The third kappa shape index (κ3) is 3.97. The van der Waals surface area contributed by atoms with E-state index in [4.69, 9.17) is 4.74 Å². The molecule has 0 spiro atoms. The maximum atomic E-state index is 13.1. The zero-order chi connectivity index (χ0) is 18.6. The first-order valence-electron chi connectivity index (χ1n) is 8.85. The van der Waals surface area contributed by atoms with Gasteiger partial charge in [0, 0.05) is 44.4 Å². The summed E-state index contributed by atoms with van der Waals surface area (Å²) in [5.41, 5.74) is 2.26. The van der Waals surface area contributed by atoms with Gasteiger partial charge < -0.3 is 14.6 Å². The van der Waals surface area contributed by atoms with Gasteiger partial charge in [-0.1, -0.05) is 12.1 Å². The standard InChI is InChI=1S/C20H19FN4O2/c21-16-3-1-14(2-4-16)15-11-18(23-12-15)20(26)25-9-6-17(7-10-25)27-19-5-8-22-13-24-19/h1-5,8,11-13,17,23H,6-7,9-10H2. The van der Waals surface area contributed by atoms with Gasteiger partial charge >= 0.3 is 0 Å². The highest BCUT2D eigenvalue weighted by molar-refractivity contribution is 5.94. The molecule has 2 aromatic heterocycles. The molecule has 3 heterocycles. The van der Waals surface area contributed by atoms with Crippen molar-refractivity contribution in [3.8, 4) is 17.0 Å². The Kier molecular flexibility index (Phi) is 4.82. The van der Waals surface area contributed by atoms with Crippen molar-refractivity contribution in [2.24, 2.45) is 0 Å². The van der Waals surface area contributed by atoms with E-state index in [1.54, 1.807) is 36.7 Å². The quantitative estimate of drug-likeness (QED) is 0.769. The number of piperidine rings is 1. The lowest BCUT2D eigenvalue weighted by molar-refractivity contribution is 0.0583. The van der Waals surface area contributed by atoms with Gasteiger partial charge in [0.2, 0.25) is 5.88 Å². The Bertz CT molecular complexity index is 903. The number of rotatable bonds is 4. The number of halogens is 1. The van der Waals surface area contributed by atoms with Crippen LogP contribution in [0.25, 0.3) is 11.1 Å². The number of aromatic amines is 1. The molecule has 0 aliphatic carbocycles. The minimum absolute atomic E-state index is 0.0381. The summed E-state index contributed by atoms with van der Waals surface area (Å²) in [7, 11) is 0. The molecule has 1 N–H and O–H groups in total. The lowest BCUT2D eigenvalue weighted by Crippen LogP contribution is -2.42. The number of H-pyrrole nitrogens is 1. The highest BCUT2D eigenvalue weighted by Gasteiger charge is 2.25. The molecular formula is C20H19FN4O2. The SMILES string of the molecule is O=C(c1cc(-c2ccc(F)cc2)c[nH]1)N1CCC(Oc2ccncn2)CC1. The van der Waals surface area contributed by atoms with Crippen LogP contribution in [0.3, 0.4) is 0 Å². The van der Waals surface area contributed by atoms with E-state index in [1.165, 1.54) is 18.5 Å². The van der Waals surface area contributed by atoms with Crippen LogP contribution in [0.1, 0.15) is 23.3 Å². The minimum atomic E-state index is -0.280. The highest BCUT2D eigenvalue weighted by atomic mass is 19.1. The third-order valence-corrected chi connectivity index (χ3v) is 4.66. The molecule has 0 bridgehead atoms. The molecule has 1 aliphatic heterocycles. The first kappa shape index (κ1) is 17.2. The van der Waals surface area contributed by atoms with Crippen LogP contribution in [0.2, 0.25) is 0 Å². The second kappa shape index (κ2) is 7.57. The number of hydrogen-bond donors (Lipinski definition) is 1. The molecule has 0 unspecified atom stereocenters. The summed E-state index contributed by atoms with van der Waals surface area (Å²) < 4.78 is 18.9. The third-order valence-electron chi connectivity index (χ3n) is 4.66. The lowest BCUT2D eigenvalue weighted by atomic mass is 10.1. The monoisotopic (exact) mass is 366 g/mol. The summed E-state index contributed by atoms with van der Waals surface area (Å²) in [6, 6.07) is 9.75. The molecule has 3 aromatic rings. The summed E-state index contributed by atoms with van der Waals surface area (Å²) in [5.74, 6) is 0.240. The molecule has 1 amide bonds. The number of aromatic nitrogens is 3. The lowest BCUT2D eigenvalue weighted by Gasteiger charge is -2.31. The number of nitrogens with one attached hydrogen (secondary N) is 1. The predicted molar refractivity (Wildman–Crippen MR) is 97.8 cm³/mol. The van der Waals surface area contributed by atoms with Gasteiger partial charge in [0.15, 0.2) is 0 Å². The van der Waals surface area contributed by atoms with Crippen molar-refractivity contribution in [2.45, 2.75) is 18.9 Å². The molecule has 1 fully saturated rings. The van der Waals surface area contributed by atoms with Crippen LogP contribution in [-0.2, 0) is 0 Å². The van der Waals surface area contributed by atoms with E-state index in [-0.39, 0.29) is 17.8 Å². The second-order valence-electron chi connectivity index (χ2n) is 6.47. The average molecular weight is 366 g/mol. The largest absolute Gasteiger partial charge is 0.474 e. The van der Waals surface area contributed by atoms with Crippen LogP contribution in [0.15, 0.2) is 55.1 Å². The Morgan fingerprint density at radius 2 is 1.93 bits per heavy atom. The van der Waals surface area contributed by atoms with Gasteiger partial charge in [-0.3, -0.25) is 4.79 Å². The fraction of sp³-hybridized carbons (Fsp3) is 0.250. The van der Waals surface area contributed by atoms with Crippen LogP contribution in [0, 0.1) is 5.82 Å². The number of carbonyl (C=O) groups is 1. The number of hydrogen-bond acceptors (Lipinski definition) is 4. The summed E-state index contributed by atoms with van der Waals surface area (Å²) in [5, 5.41) is 0. The molecule has 27 heavy (non-hydrogen) atoms. The summed E-state index contributed by atoms with van der Waals surface area (Å²) in [6.45, 7) is 1.25. The maximum Gasteiger partial charge on any atom is 0.270 e. The van der Waals surface area contributed by atoms with Crippen molar-refractivity contribution in [1.82, 2.24) is 19.9 Å². The van der Waals surface area contributed by atoms with E-state index in [1.807, 2.05) is 4.90 Å². The van der Waals surface area contributed by atoms with E-state index in [2.05, 4.69) is 15.0 Å². The maximum absolute atomic E-state index is 13.1. The van der Waals surface area contributed by atoms with Gasteiger partial charge in [-0.25, -0.2) is 14.4 Å². The van der Waals surface area contributed by atoms with Crippen molar-refractivity contribution in [3.05, 3.63) is 66.6 Å². The minimum Gasteiger partial charge on any atom is -0.474 e. The van der Waals surface area contributed by atoms with Crippen LogP contribution in [0.4, 0.5) is 4.39 Å². The number of benzene rings is 1. The Hall–Kier alpha value is -3.22. The molecule has 4 rings (SSSR count). The zero-order valence-corrected chi connectivity index (χ0v) is 14.6. The van der Waals surface area contributed by atoms with Gasteiger partial charge in [-0.15, -0.1) is 0 Å². The summed E-state index contributed by atoms with van der Waals surface area (Å²) in [4.78, 5) is 25.5. The van der Waals surface area contributed by atoms with E-state index < -0.39 is 0 Å². The highest BCUT2D eigenvalue weighted by Crippen LogP contribution is 2.23. The molecule has 0 radical (unpaired) electrons. The molecule has 7 heteroatoms. The molecule has 0 atom stereocenters. The molecule has 1 aromatic carbocycles.